The van der Waals surface area contributed by atoms with Gasteiger partial charge in [-0.2, -0.15) is 0 Å². The van der Waals surface area contributed by atoms with Gasteiger partial charge in [-0.05, 0) is 70.6 Å². The van der Waals surface area contributed by atoms with E-state index in [-0.39, 0.29) is 38.6 Å². The number of ether oxygens (including phenoxy) is 2. The minimum atomic E-state index is -4.39. The predicted molar refractivity (Wildman–Crippen MR) is 358 cm³/mol. The Morgan fingerprint density at radius 1 is 0.361 bits per heavy atom. The van der Waals surface area contributed by atoms with Gasteiger partial charge in [-0.15, -0.1) is 0 Å². The Morgan fingerprint density at radius 2 is 0.627 bits per heavy atom. The van der Waals surface area contributed by atoms with Crippen molar-refractivity contribution < 1.29 is 37.6 Å². The third-order valence-corrected chi connectivity index (χ3v) is 17.5. The van der Waals surface area contributed by atoms with Crippen molar-refractivity contribution in [3.63, 3.8) is 0 Å². The van der Waals surface area contributed by atoms with Crippen LogP contribution in [-0.2, 0) is 32.7 Å². The van der Waals surface area contributed by atoms with Crippen molar-refractivity contribution in [1.29, 1.82) is 0 Å². The SMILES string of the molecule is CCCCCCC/C=C\C/C=C\CCCCCCCCCCCCCCCCCCCCCCCCCCCCCC(=O)OC(COC(=O)CCCCCCCCCCCCC/C=C\CCCCCCCCCC)COP(=O)(O)OCCN. The molecule has 2 atom stereocenters. The lowest BCUT2D eigenvalue weighted by Crippen LogP contribution is -2.29. The highest BCUT2D eigenvalue weighted by Gasteiger charge is 2.26. The number of hydrogen-bond donors (Lipinski definition) is 2. The monoisotopic (exact) mass is 1190 g/mol. The van der Waals surface area contributed by atoms with Gasteiger partial charge in [-0.3, -0.25) is 18.6 Å². The Balaban J connectivity index is 3.76. The fourth-order valence-electron chi connectivity index (χ4n) is 11.1. The van der Waals surface area contributed by atoms with Gasteiger partial charge in [0.05, 0.1) is 13.2 Å². The summed E-state index contributed by atoms with van der Waals surface area (Å²) in [6, 6.07) is 0. The molecule has 0 aliphatic carbocycles. The van der Waals surface area contributed by atoms with Crippen LogP contribution in [0.25, 0.3) is 0 Å². The van der Waals surface area contributed by atoms with Gasteiger partial charge < -0.3 is 20.1 Å². The number of hydrogen-bond acceptors (Lipinski definition) is 8. The molecule has 0 aromatic rings. The standard InChI is InChI=1S/C73H140NO8P/c1-3-5-7-9-11-13-15-17-19-21-23-25-27-28-29-30-31-32-33-34-35-36-37-38-39-40-41-42-44-46-48-50-52-54-56-58-60-62-64-66-73(76)82-71(70-81-83(77,78)80-68-67-74)69-79-72(75)65-63-61-59-57-55-53-51-49-47-45-43-26-24-22-20-18-16-14-12-10-8-6-4-2/h15,17,21-24,71H,3-14,16,18-20,25-70,74H2,1-2H3,(H,77,78)/b17-15-,23-21-,24-22-. The van der Waals surface area contributed by atoms with E-state index in [1.165, 1.54) is 315 Å². The molecule has 0 saturated heterocycles. The smallest absolute Gasteiger partial charge is 0.462 e. The van der Waals surface area contributed by atoms with Crippen LogP contribution in [0.3, 0.4) is 0 Å². The Labute approximate surface area is 515 Å². The van der Waals surface area contributed by atoms with Gasteiger partial charge in [0.15, 0.2) is 6.10 Å². The number of carbonyl (C=O) groups excluding carboxylic acids is 2. The third-order valence-electron chi connectivity index (χ3n) is 16.5. The van der Waals surface area contributed by atoms with Crippen LogP contribution in [0.2, 0.25) is 0 Å². The Bertz CT molecular complexity index is 1450. The van der Waals surface area contributed by atoms with Gasteiger partial charge in [-0.1, -0.05) is 339 Å². The maximum absolute atomic E-state index is 12.8. The zero-order chi connectivity index (χ0) is 60.1. The highest BCUT2D eigenvalue weighted by Crippen LogP contribution is 2.43. The number of esters is 2. The topological polar surface area (TPSA) is 134 Å². The molecule has 3 N–H and O–H groups in total. The van der Waals surface area contributed by atoms with Crippen molar-refractivity contribution in [3.05, 3.63) is 36.5 Å². The van der Waals surface area contributed by atoms with Crippen molar-refractivity contribution in [2.24, 2.45) is 5.73 Å². The van der Waals surface area contributed by atoms with E-state index in [4.69, 9.17) is 24.3 Å². The maximum Gasteiger partial charge on any atom is 0.472 e. The first kappa shape index (κ1) is 81.2. The average Bonchev–Trinajstić information content (AvgIpc) is 3.48. The lowest BCUT2D eigenvalue weighted by atomic mass is 10.0. The van der Waals surface area contributed by atoms with Gasteiger partial charge in [0, 0.05) is 19.4 Å². The van der Waals surface area contributed by atoms with Gasteiger partial charge in [0.1, 0.15) is 6.61 Å². The summed E-state index contributed by atoms with van der Waals surface area (Å²) in [5.41, 5.74) is 5.40. The molecule has 83 heavy (non-hydrogen) atoms. The number of unbranched alkanes of at least 4 members (excludes halogenated alkanes) is 51. The average molecular weight is 1190 g/mol. The zero-order valence-corrected chi connectivity index (χ0v) is 56.1. The summed E-state index contributed by atoms with van der Waals surface area (Å²) in [4.78, 5) is 35.3. The molecule has 0 aromatic heterocycles. The molecule has 0 fully saturated rings. The molecule has 9 nitrogen and oxygen atoms in total. The van der Waals surface area contributed by atoms with E-state index in [2.05, 4.69) is 50.3 Å². The van der Waals surface area contributed by atoms with Gasteiger partial charge >= 0.3 is 19.8 Å². The first-order chi connectivity index (χ1) is 40.8. The lowest BCUT2D eigenvalue weighted by Gasteiger charge is -2.19. The van der Waals surface area contributed by atoms with Gasteiger partial charge in [0.25, 0.3) is 0 Å². The van der Waals surface area contributed by atoms with Crippen molar-refractivity contribution in [1.82, 2.24) is 0 Å². The first-order valence-corrected chi connectivity index (χ1v) is 38.0. The van der Waals surface area contributed by atoms with E-state index in [1.54, 1.807) is 0 Å². The molecular formula is C73H140NO8P. The largest absolute Gasteiger partial charge is 0.472 e. The van der Waals surface area contributed by atoms with Crippen molar-refractivity contribution >= 4 is 19.8 Å². The molecular weight excluding hydrogens is 1050 g/mol. The van der Waals surface area contributed by atoms with Crippen LogP contribution < -0.4 is 5.73 Å². The summed E-state index contributed by atoms with van der Waals surface area (Å²) in [6.45, 7) is 3.80. The third kappa shape index (κ3) is 69.2. The molecule has 0 bridgehead atoms. The highest BCUT2D eigenvalue weighted by atomic mass is 31.2. The summed E-state index contributed by atoms with van der Waals surface area (Å²) in [6.07, 6.45) is 86.9. The number of rotatable bonds is 70. The van der Waals surface area contributed by atoms with Crippen LogP contribution in [0.5, 0.6) is 0 Å². The Kier molecular flexibility index (Phi) is 67.9. The van der Waals surface area contributed by atoms with Crippen LogP contribution in [0, 0.1) is 0 Å². The molecule has 0 saturated carbocycles. The minimum Gasteiger partial charge on any atom is -0.462 e. The summed E-state index contributed by atoms with van der Waals surface area (Å²) >= 11 is 0. The number of nitrogens with two attached hydrogens (primary N) is 1. The van der Waals surface area contributed by atoms with Crippen molar-refractivity contribution in [3.8, 4) is 0 Å². The normalized spacial score (nSPS) is 13.1. The zero-order valence-electron chi connectivity index (χ0n) is 55.2. The number of carbonyl (C=O) groups is 2. The molecule has 0 aliphatic rings. The fourth-order valence-corrected chi connectivity index (χ4v) is 11.8. The second-order valence-corrected chi connectivity index (χ2v) is 26.3. The number of phosphoric acid groups is 1. The number of allylic oxidation sites excluding steroid dienone is 6. The maximum atomic E-state index is 12.8. The lowest BCUT2D eigenvalue weighted by molar-refractivity contribution is -0.161. The molecule has 490 valence electrons. The number of phosphoric ester groups is 1. The molecule has 0 heterocycles. The minimum absolute atomic E-state index is 0.0560. The molecule has 0 aliphatic heterocycles. The van der Waals surface area contributed by atoms with Crippen LogP contribution >= 0.6 is 7.82 Å². The van der Waals surface area contributed by atoms with E-state index in [0.717, 1.165) is 38.5 Å². The van der Waals surface area contributed by atoms with Gasteiger partial charge in [-0.25, -0.2) is 4.57 Å². The molecule has 0 radical (unpaired) electrons. The van der Waals surface area contributed by atoms with Gasteiger partial charge in [0.2, 0.25) is 0 Å². The Morgan fingerprint density at radius 3 is 0.928 bits per heavy atom. The van der Waals surface area contributed by atoms with E-state index in [0.29, 0.717) is 6.42 Å². The molecule has 0 spiro atoms. The molecule has 0 amide bonds. The second-order valence-electron chi connectivity index (χ2n) is 24.8. The highest BCUT2D eigenvalue weighted by molar-refractivity contribution is 7.47. The second kappa shape index (κ2) is 69.3. The molecule has 2 unspecified atom stereocenters. The fraction of sp³-hybridized carbons (Fsp3) is 0.890. The van der Waals surface area contributed by atoms with E-state index >= 15 is 0 Å². The van der Waals surface area contributed by atoms with Crippen molar-refractivity contribution in [2.75, 3.05) is 26.4 Å². The summed E-state index contributed by atoms with van der Waals surface area (Å²) in [7, 11) is -4.39. The predicted octanol–water partition coefficient (Wildman–Crippen LogP) is 23.9. The summed E-state index contributed by atoms with van der Waals surface area (Å²) in [5.74, 6) is -0.806. The molecule has 0 rings (SSSR count). The molecule has 0 aromatic carbocycles. The van der Waals surface area contributed by atoms with E-state index in [1.807, 2.05) is 0 Å². The van der Waals surface area contributed by atoms with Crippen molar-refractivity contribution in [2.45, 2.75) is 392 Å². The first-order valence-electron chi connectivity index (χ1n) is 36.5. The van der Waals surface area contributed by atoms with Crippen LogP contribution in [0.4, 0.5) is 0 Å². The Hall–Kier alpha value is -1.77. The van der Waals surface area contributed by atoms with E-state index in [9.17, 15) is 19.0 Å². The molecule has 10 heteroatoms. The summed E-state index contributed by atoms with van der Waals surface area (Å²) in [5, 5.41) is 0. The quantitative estimate of drug-likeness (QED) is 0.0264. The van der Waals surface area contributed by atoms with Crippen LogP contribution in [-0.4, -0.2) is 49.3 Å². The van der Waals surface area contributed by atoms with Crippen LogP contribution in [0.15, 0.2) is 36.5 Å². The van der Waals surface area contributed by atoms with Crippen LogP contribution in [0.1, 0.15) is 386 Å². The van der Waals surface area contributed by atoms with E-state index < -0.39 is 26.5 Å². The summed E-state index contributed by atoms with van der Waals surface area (Å²) < 4.78 is 33.2.